The minimum Gasteiger partial charge on any atom is -0.504 e. The SMILES string of the molecule is CCOc1nc2ccccc2nc1NN=Cc1ccc(O)c(OC)c1. The quantitative estimate of drug-likeness (QED) is 0.530. The van der Waals surface area contributed by atoms with Gasteiger partial charge in [-0.25, -0.2) is 9.97 Å². The summed E-state index contributed by atoms with van der Waals surface area (Å²) in [6.07, 6.45) is 1.59. The van der Waals surface area contributed by atoms with Gasteiger partial charge in [0.05, 0.1) is 31.0 Å². The monoisotopic (exact) mass is 338 g/mol. The molecule has 3 aromatic rings. The summed E-state index contributed by atoms with van der Waals surface area (Å²) in [7, 11) is 1.49. The second-order valence-electron chi connectivity index (χ2n) is 5.10. The van der Waals surface area contributed by atoms with Crippen LogP contribution in [0.2, 0.25) is 0 Å². The molecule has 3 rings (SSSR count). The number of rotatable bonds is 6. The molecule has 0 aliphatic rings. The van der Waals surface area contributed by atoms with Gasteiger partial charge in [0.2, 0.25) is 5.82 Å². The van der Waals surface area contributed by atoms with Crippen LogP contribution < -0.4 is 14.9 Å². The van der Waals surface area contributed by atoms with Gasteiger partial charge in [-0.2, -0.15) is 5.10 Å². The van der Waals surface area contributed by atoms with E-state index in [-0.39, 0.29) is 5.75 Å². The Kier molecular flexibility index (Phi) is 4.94. The third-order valence-corrected chi connectivity index (χ3v) is 3.41. The molecule has 1 heterocycles. The van der Waals surface area contributed by atoms with Crippen molar-refractivity contribution >= 4 is 23.1 Å². The van der Waals surface area contributed by atoms with E-state index in [2.05, 4.69) is 20.5 Å². The lowest BCUT2D eigenvalue weighted by molar-refractivity contribution is 0.328. The summed E-state index contributed by atoms with van der Waals surface area (Å²) in [5.41, 5.74) is 5.12. The fraction of sp³-hybridized carbons (Fsp3) is 0.167. The molecule has 0 atom stereocenters. The van der Waals surface area contributed by atoms with Crippen molar-refractivity contribution in [3.63, 3.8) is 0 Å². The number of ether oxygens (including phenoxy) is 2. The third kappa shape index (κ3) is 3.77. The van der Waals surface area contributed by atoms with E-state index >= 15 is 0 Å². The molecule has 0 fully saturated rings. The first-order valence-electron chi connectivity index (χ1n) is 7.77. The molecule has 0 aliphatic carbocycles. The van der Waals surface area contributed by atoms with E-state index in [1.807, 2.05) is 31.2 Å². The highest BCUT2D eigenvalue weighted by Crippen LogP contribution is 2.26. The summed E-state index contributed by atoms with van der Waals surface area (Å²) in [5.74, 6) is 1.28. The number of phenols is 1. The van der Waals surface area contributed by atoms with E-state index in [1.54, 1.807) is 24.4 Å². The predicted octanol–water partition coefficient (Wildman–Crippen LogP) is 3.19. The Bertz CT molecular complexity index is 912. The van der Waals surface area contributed by atoms with Gasteiger partial charge in [-0.05, 0) is 42.8 Å². The zero-order chi connectivity index (χ0) is 17.6. The average molecular weight is 338 g/mol. The summed E-state index contributed by atoms with van der Waals surface area (Å²) < 4.78 is 10.6. The maximum atomic E-state index is 9.61. The lowest BCUT2D eigenvalue weighted by atomic mass is 10.2. The molecule has 7 nitrogen and oxygen atoms in total. The van der Waals surface area contributed by atoms with Crippen molar-refractivity contribution in [2.24, 2.45) is 5.10 Å². The van der Waals surface area contributed by atoms with Crippen LogP contribution >= 0.6 is 0 Å². The smallest absolute Gasteiger partial charge is 0.259 e. The Balaban J connectivity index is 1.85. The second kappa shape index (κ2) is 7.48. The minimum atomic E-state index is 0.0756. The van der Waals surface area contributed by atoms with E-state index in [1.165, 1.54) is 7.11 Å². The number of methoxy groups -OCH3 is 1. The van der Waals surface area contributed by atoms with Crippen molar-refractivity contribution in [1.29, 1.82) is 0 Å². The van der Waals surface area contributed by atoms with E-state index in [0.717, 1.165) is 16.6 Å². The summed E-state index contributed by atoms with van der Waals surface area (Å²) in [5, 5.41) is 13.8. The molecule has 7 heteroatoms. The number of nitrogens with one attached hydrogen (secondary N) is 1. The van der Waals surface area contributed by atoms with Gasteiger partial charge in [0.1, 0.15) is 0 Å². The molecule has 0 saturated heterocycles. The number of aromatic hydroxyl groups is 1. The molecule has 0 spiro atoms. The van der Waals surface area contributed by atoms with Gasteiger partial charge in [-0.15, -0.1) is 0 Å². The van der Waals surface area contributed by atoms with Crippen LogP contribution in [0.3, 0.4) is 0 Å². The highest BCUT2D eigenvalue weighted by molar-refractivity contribution is 5.82. The predicted molar refractivity (Wildman–Crippen MR) is 96.6 cm³/mol. The Morgan fingerprint density at radius 3 is 2.64 bits per heavy atom. The van der Waals surface area contributed by atoms with E-state index < -0.39 is 0 Å². The fourth-order valence-corrected chi connectivity index (χ4v) is 2.24. The van der Waals surface area contributed by atoms with Gasteiger partial charge in [-0.3, -0.25) is 5.43 Å². The number of fused-ring (bicyclic) bond motifs is 1. The van der Waals surface area contributed by atoms with Crippen LogP contribution in [0.1, 0.15) is 12.5 Å². The van der Waals surface area contributed by atoms with Crippen molar-refractivity contribution in [2.45, 2.75) is 6.92 Å². The van der Waals surface area contributed by atoms with E-state index in [9.17, 15) is 5.11 Å². The number of anilines is 1. The number of benzene rings is 2. The number of hydrogen-bond donors (Lipinski definition) is 2. The van der Waals surface area contributed by atoms with Crippen molar-refractivity contribution < 1.29 is 14.6 Å². The Hall–Kier alpha value is -3.35. The molecule has 0 saturated carbocycles. The molecule has 2 N–H and O–H groups in total. The van der Waals surface area contributed by atoms with Crippen LogP contribution in [0.5, 0.6) is 17.4 Å². The van der Waals surface area contributed by atoms with Crippen LogP contribution in [0.4, 0.5) is 5.82 Å². The molecule has 25 heavy (non-hydrogen) atoms. The maximum absolute atomic E-state index is 9.61. The molecule has 0 unspecified atom stereocenters. The van der Waals surface area contributed by atoms with Gasteiger partial charge in [0, 0.05) is 0 Å². The van der Waals surface area contributed by atoms with Gasteiger partial charge in [-0.1, -0.05) is 12.1 Å². The first kappa shape index (κ1) is 16.5. The molecule has 128 valence electrons. The fourth-order valence-electron chi connectivity index (χ4n) is 2.24. The summed E-state index contributed by atoms with van der Waals surface area (Å²) >= 11 is 0. The number of aromatic nitrogens is 2. The first-order valence-corrected chi connectivity index (χ1v) is 7.77. The zero-order valence-electron chi connectivity index (χ0n) is 13.9. The zero-order valence-corrected chi connectivity index (χ0v) is 13.9. The summed E-state index contributed by atoms with van der Waals surface area (Å²) in [6, 6.07) is 12.5. The van der Waals surface area contributed by atoms with E-state index in [0.29, 0.717) is 24.1 Å². The molecule has 0 radical (unpaired) electrons. The Morgan fingerprint density at radius 2 is 1.92 bits per heavy atom. The van der Waals surface area contributed by atoms with E-state index in [4.69, 9.17) is 9.47 Å². The third-order valence-electron chi connectivity index (χ3n) is 3.41. The number of para-hydroxylation sites is 2. The Morgan fingerprint density at radius 1 is 1.16 bits per heavy atom. The Labute approximate surface area is 145 Å². The molecule has 2 aromatic carbocycles. The number of hydrazone groups is 1. The van der Waals surface area contributed by atoms with Gasteiger partial charge >= 0.3 is 0 Å². The highest BCUT2D eigenvalue weighted by Gasteiger charge is 2.09. The van der Waals surface area contributed by atoms with Crippen LogP contribution in [0.25, 0.3) is 11.0 Å². The maximum Gasteiger partial charge on any atom is 0.259 e. The number of phenolic OH excluding ortho intramolecular Hbond substituents is 1. The number of nitrogens with zero attached hydrogens (tertiary/aromatic N) is 3. The topological polar surface area (TPSA) is 88.9 Å². The molecule has 0 bridgehead atoms. The normalized spacial score (nSPS) is 11.0. The highest BCUT2D eigenvalue weighted by atomic mass is 16.5. The van der Waals surface area contributed by atoms with Gasteiger partial charge in [0.15, 0.2) is 11.5 Å². The molecule has 0 aliphatic heterocycles. The van der Waals surface area contributed by atoms with Crippen molar-refractivity contribution in [2.75, 3.05) is 19.1 Å². The molecule has 0 amide bonds. The lowest BCUT2D eigenvalue weighted by Crippen LogP contribution is -2.03. The molecule has 1 aromatic heterocycles. The lowest BCUT2D eigenvalue weighted by Gasteiger charge is -2.09. The van der Waals surface area contributed by atoms with Crippen LogP contribution in [0.15, 0.2) is 47.6 Å². The van der Waals surface area contributed by atoms with Crippen molar-refractivity contribution in [3.8, 4) is 17.4 Å². The first-order chi connectivity index (χ1) is 12.2. The summed E-state index contributed by atoms with van der Waals surface area (Å²) in [4.78, 5) is 8.95. The molecular formula is C18H18N4O3. The summed E-state index contributed by atoms with van der Waals surface area (Å²) in [6.45, 7) is 2.35. The second-order valence-corrected chi connectivity index (χ2v) is 5.10. The van der Waals surface area contributed by atoms with Crippen LogP contribution in [-0.2, 0) is 0 Å². The van der Waals surface area contributed by atoms with Crippen molar-refractivity contribution in [3.05, 3.63) is 48.0 Å². The number of hydrogen-bond acceptors (Lipinski definition) is 7. The van der Waals surface area contributed by atoms with Crippen LogP contribution in [-0.4, -0.2) is 35.0 Å². The van der Waals surface area contributed by atoms with Gasteiger partial charge < -0.3 is 14.6 Å². The van der Waals surface area contributed by atoms with Gasteiger partial charge in [0.25, 0.3) is 5.88 Å². The van der Waals surface area contributed by atoms with Crippen LogP contribution in [0, 0.1) is 0 Å². The minimum absolute atomic E-state index is 0.0756. The molecular weight excluding hydrogens is 320 g/mol. The standard InChI is InChI=1S/C18H18N4O3/c1-3-25-18-17(20-13-6-4-5-7-14(13)21-18)22-19-11-12-8-9-15(23)16(10-12)24-2/h4-11,23H,3H2,1-2H3,(H,20,22). The largest absolute Gasteiger partial charge is 0.504 e. The average Bonchev–Trinajstić information content (AvgIpc) is 2.63. The van der Waals surface area contributed by atoms with Crippen molar-refractivity contribution in [1.82, 2.24) is 9.97 Å².